The van der Waals surface area contributed by atoms with Crippen LogP contribution < -0.4 is 5.32 Å². The first kappa shape index (κ1) is 10.8. The molecular weight excluding hydrogens is 226 g/mol. The molecule has 0 saturated carbocycles. The van der Waals surface area contributed by atoms with Gasteiger partial charge in [-0.15, -0.1) is 0 Å². The molecule has 18 heavy (non-hydrogen) atoms. The van der Waals surface area contributed by atoms with Gasteiger partial charge in [0, 0.05) is 24.5 Å². The zero-order chi connectivity index (χ0) is 12.4. The molecule has 1 aliphatic rings. The van der Waals surface area contributed by atoms with Crippen LogP contribution in [0.1, 0.15) is 23.7 Å². The minimum atomic E-state index is 0.690. The lowest BCUT2D eigenvalue weighted by molar-refractivity contribution is 1.08. The van der Waals surface area contributed by atoms with E-state index < -0.39 is 0 Å². The number of nitrogens with one attached hydrogen (secondary N) is 1. The minimum Gasteiger partial charge on any atom is -0.370 e. The molecule has 5 nitrogen and oxygen atoms in total. The summed E-state index contributed by atoms with van der Waals surface area (Å²) in [7, 11) is 0. The van der Waals surface area contributed by atoms with Gasteiger partial charge >= 0.3 is 0 Å². The molecule has 2 aromatic heterocycles. The fraction of sp³-hybridized carbons (Fsp3) is 0.231. The average molecular weight is 239 g/mol. The number of rotatable bonds is 3. The Labute approximate surface area is 105 Å². The summed E-state index contributed by atoms with van der Waals surface area (Å²) < 4.78 is 0. The smallest absolute Gasteiger partial charge is 0.135 e. The minimum absolute atomic E-state index is 0.690. The van der Waals surface area contributed by atoms with Crippen molar-refractivity contribution in [3.05, 3.63) is 47.7 Å². The van der Waals surface area contributed by atoms with Crippen LogP contribution in [0.4, 0.5) is 5.82 Å². The highest BCUT2D eigenvalue weighted by Gasteiger charge is 2.22. The molecule has 90 valence electrons. The normalized spacial score (nSPS) is 13.1. The molecule has 0 amide bonds. The van der Waals surface area contributed by atoms with Gasteiger partial charge in [0.05, 0.1) is 18.0 Å². The third-order valence-electron chi connectivity index (χ3n) is 2.85. The van der Waals surface area contributed by atoms with E-state index in [-0.39, 0.29) is 0 Å². The maximum Gasteiger partial charge on any atom is 0.135 e. The SMILES string of the molecule is CCNc1nccc2c1C(c1ccncn1)=NC2. The topological polar surface area (TPSA) is 63.1 Å². The van der Waals surface area contributed by atoms with E-state index in [2.05, 4.69) is 32.2 Å². The summed E-state index contributed by atoms with van der Waals surface area (Å²) in [5.74, 6) is 0.880. The zero-order valence-electron chi connectivity index (χ0n) is 10.1. The van der Waals surface area contributed by atoms with Crippen LogP contribution in [0.3, 0.4) is 0 Å². The van der Waals surface area contributed by atoms with E-state index >= 15 is 0 Å². The highest BCUT2D eigenvalue weighted by atomic mass is 15.0. The summed E-state index contributed by atoms with van der Waals surface area (Å²) in [5, 5.41) is 3.27. The zero-order valence-corrected chi connectivity index (χ0v) is 10.1. The Morgan fingerprint density at radius 2 is 2.17 bits per heavy atom. The van der Waals surface area contributed by atoms with E-state index in [9.17, 15) is 0 Å². The number of hydrogen-bond acceptors (Lipinski definition) is 5. The quantitative estimate of drug-likeness (QED) is 0.884. The van der Waals surface area contributed by atoms with Crippen molar-refractivity contribution in [2.75, 3.05) is 11.9 Å². The second kappa shape index (κ2) is 4.52. The molecule has 3 heterocycles. The molecule has 0 fully saturated rings. The molecule has 5 heteroatoms. The van der Waals surface area contributed by atoms with Gasteiger partial charge in [-0.1, -0.05) is 0 Å². The van der Waals surface area contributed by atoms with Crippen LogP contribution in [-0.4, -0.2) is 27.2 Å². The molecule has 1 N–H and O–H groups in total. The van der Waals surface area contributed by atoms with Crippen LogP contribution in [0, 0.1) is 0 Å². The maximum atomic E-state index is 4.56. The van der Waals surface area contributed by atoms with E-state index in [0.717, 1.165) is 29.3 Å². The van der Waals surface area contributed by atoms with Crippen molar-refractivity contribution < 1.29 is 0 Å². The first-order valence-electron chi connectivity index (χ1n) is 5.93. The highest BCUT2D eigenvalue weighted by Crippen LogP contribution is 2.27. The van der Waals surface area contributed by atoms with Gasteiger partial charge in [-0.3, -0.25) is 4.99 Å². The van der Waals surface area contributed by atoms with Crippen molar-refractivity contribution in [2.24, 2.45) is 4.99 Å². The van der Waals surface area contributed by atoms with Crippen LogP contribution in [0.25, 0.3) is 0 Å². The molecule has 0 radical (unpaired) electrons. The van der Waals surface area contributed by atoms with Crippen molar-refractivity contribution in [3.8, 4) is 0 Å². The third kappa shape index (κ3) is 1.73. The fourth-order valence-electron chi connectivity index (χ4n) is 2.08. The maximum absolute atomic E-state index is 4.56. The Morgan fingerprint density at radius 3 is 2.94 bits per heavy atom. The molecule has 0 saturated heterocycles. The van der Waals surface area contributed by atoms with Crippen LogP contribution in [0.2, 0.25) is 0 Å². The van der Waals surface area contributed by atoms with E-state index in [0.29, 0.717) is 6.54 Å². The number of nitrogens with zero attached hydrogens (tertiary/aromatic N) is 4. The standard InChI is InChI=1S/C13H13N5/c1-2-15-13-11-9(3-6-16-13)7-17-12(11)10-4-5-14-8-18-10/h3-6,8H,2,7H2,1H3,(H,15,16). The van der Waals surface area contributed by atoms with E-state index in [4.69, 9.17) is 0 Å². The first-order chi connectivity index (χ1) is 8.90. The molecular formula is C13H13N5. The number of aliphatic imine (C=N–C) groups is 1. The van der Waals surface area contributed by atoms with Gasteiger partial charge in [0.2, 0.25) is 0 Å². The van der Waals surface area contributed by atoms with E-state index in [1.165, 1.54) is 5.56 Å². The van der Waals surface area contributed by atoms with Crippen molar-refractivity contribution in [3.63, 3.8) is 0 Å². The van der Waals surface area contributed by atoms with E-state index in [1.807, 2.05) is 18.3 Å². The fourth-order valence-corrected chi connectivity index (χ4v) is 2.08. The van der Waals surface area contributed by atoms with Gasteiger partial charge in [-0.2, -0.15) is 0 Å². The van der Waals surface area contributed by atoms with Crippen molar-refractivity contribution in [2.45, 2.75) is 13.5 Å². The van der Waals surface area contributed by atoms with Gasteiger partial charge in [-0.25, -0.2) is 15.0 Å². The summed E-state index contributed by atoms with van der Waals surface area (Å²) in [6.45, 7) is 3.58. The van der Waals surface area contributed by atoms with Crippen LogP contribution in [-0.2, 0) is 6.54 Å². The number of fused-ring (bicyclic) bond motifs is 1. The van der Waals surface area contributed by atoms with Gasteiger partial charge in [0.25, 0.3) is 0 Å². The Bertz CT molecular complexity index is 592. The average Bonchev–Trinajstić information content (AvgIpc) is 2.85. The number of pyridine rings is 1. The van der Waals surface area contributed by atoms with E-state index in [1.54, 1.807) is 12.5 Å². The third-order valence-corrected chi connectivity index (χ3v) is 2.85. The lowest BCUT2D eigenvalue weighted by Crippen LogP contribution is -2.10. The summed E-state index contributed by atoms with van der Waals surface area (Å²) in [4.78, 5) is 17.1. The van der Waals surface area contributed by atoms with Crippen LogP contribution in [0.15, 0.2) is 35.8 Å². The Hall–Kier alpha value is -2.30. The van der Waals surface area contributed by atoms with Gasteiger partial charge in [-0.05, 0) is 24.6 Å². The van der Waals surface area contributed by atoms with Gasteiger partial charge < -0.3 is 5.32 Å². The highest BCUT2D eigenvalue weighted by molar-refractivity contribution is 6.16. The molecule has 0 unspecified atom stereocenters. The molecule has 0 spiro atoms. The molecule has 0 bridgehead atoms. The first-order valence-corrected chi connectivity index (χ1v) is 5.93. The second-order valence-electron chi connectivity index (χ2n) is 3.98. The summed E-state index contributed by atoms with van der Waals surface area (Å²) in [6, 6.07) is 3.88. The Kier molecular flexibility index (Phi) is 2.72. The number of aromatic nitrogens is 3. The monoisotopic (exact) mass is 239 g/mol. The van der Waals surface area contributed by atoms with Gasteiger partial charge in [0.15, 0.2) is 0 Å². The second-order valence-corrected chi connectivity index (χ2v) is 3.98. The predicted octanol–water partition coefficient (Wildman–Crippen LogP) is 1.65. The summed E-state index contributed by atoms with van der Waals surface area (Å²) in [5.41, 5.74) is 4.00. The Morgan fingerprint density at radius 1 is 1.22 bits per heavy atom. The Balaban J connectivity index is 2.09. The van der Waals surface area contributed by atoms with Crippen molar-refractivity contribution >= 4 is 11.5 Å². The predicted molar refractivity (Wildman–Crippen MR) is 69.8 cm³/mol. The lowest BCUT2D eigenvalue weighted by atomic mass is 10.0. The lowest BCUT2D eigenvalue weighted by Gasteiger charge is -2.09. The van der Waals surface area contributed by atoms with Crippen LogP contribution >= 0.6 is 0 Å². The molecule has 0 aliphatic carbocycles. The molecule has 2 aromatic rings. The van der Waals surface area contributed by atoms with Crippen molar-refractivity contribution in [1.29, 1.82) is 0 Å². The van der Waals surface area contributed by atoms with Crippen LogP contribution in [0.5, 0.6) is 0 Å². The number of hydrogen-bond donors (Lipinski definition) is 1. The number of anilines is 1. The van der Waals surface area contributed by atoms with Crippen molar-refractivity contribution in [1.82, 2.24) is 15.0 Å². The largest absolute Gasteiger partial charge is 0.370 e. The molecule has 0 atom stereocenters. The molecule has 3 rings (SSSR count). The summed E-state index contributed by atoms with van der Waals surface area (Å²) >= 11 is 0. The summed E-state index contributed by atoms with van der Waals surface area (Å²) in [6.07, 6.45) is 5.08. The molecule has 0 aromatic carbocycles. The molecule has 1 aliphatic heterocycles. The van der Waals surface area contributed by atoms with Gasteiger partial charge in [0.1, 0.15) is 12.1 Å².